The normalized spacial score (nSPS) is 16.6. The molecule has 120 valence electrons. The van der Waals surface area contributed by atoms with Gasteiger partial charge in [0.15, 0.2) is 5.54 Å². The lowest BCUT2D eigenvalue weighted by atomic mass is 9.88. The van der Waals surface area contributed by atoms with E-state index in [0.717, 1.165) is 11.3 Å². The van der Waals surface area contributed by atoms with Crippen molar-refractivity contribution in [2.24, 2.45) is 5.73 Å². The second kappa shape index (κ2) is 5.51. The highest BCUT2D eigenvalue weighted by Crippen LogP contribution is 2.28. The van der Waals surface area contributed by atoms with Crippen molar-refractivity contribution in [3.8, 4) is 0 Å². The molecule has 2 amide bonds. The molecule has 0 unspecified atom stereocenters. The van der Waals surface area contributed by atoms with Gasteiger partial charge in [-0.3, -0.25) is 4.79 Å². The molecule has 1 saturated heterocycles. The molecule has 0 spiro atoms. The van der Waals surface area contributed by atoms with Crippen LogP contribution in [0.4, 0.5) is 10.5 Å². The molecule has 0 aliphatic carbocycles. The van der Waals surface area contributed by atoms with Crippen LogP contribution in [0.1, 0.15) is 26.3 Å². The number of ether oxygens (including phenoxy) is 1. The van der Waals surface area contributed by atoms with Crippen LogP contribution >= 0.6 is 0 Å². The van der Waals surface area contributed by atoms with Gasteiger partial charge in [-0.1, -0.05) is 12.1 Å². The van der Waals surface area contributed by atoms with Crippen LogP contribution in [0.3, 0.4) is 0 Å². The van der Waals surface area contributed by atoms with Crippen LogP contribution in [0.5, 0.6) is 0 Å². The molecule has 0 atom stereocenters. The summed E-state index contributed by atoms with van der Waals surface area (Å²) in [5, 5.41) is 3.16. The molecule has 0 saturated carbocycles. The Bertz CT molecular complexity index is 587. The number of nitrogens with one attached hydrogen (secondary N) is 1. The highest BCUT2D eigenvalue weighted by atomic mass is 16.6. The molecule has 1 aliphatic rings. The Morgan fingerprint density at radius 1 is 1.32 bits per heavy atom. The fraction of sp³-hybridized carbons (Fsp3) is 0.500. The van der Waals surface area contributed by atoms with Crippen molar-refractivity contribution in [2.45, 2.75) is 38.8 Å². The summed E-state index contributed by atoms with van der Waals surface area (Å²) in [5.74, 6) is -0.478. The molecule has 0 aromatic heterocycles. The zero-order valence-corrected chi connectivity index (χ0v) is 13.5. The van der Waals surface area contributed by atoms with E-state index in [1.54, 1.807) is 20.8 Å². The van der Waals surface area contributed by atoms with Crippen LogP contribution in [0.15, 0.2) is 24.3 Å². The van der Waals surface area contributed by atoms with Gasteiger partial charge in [0.25, 0.3) is 0 Å². The van der Waals surface area contributed by atoms with Gasteiger partial charge in [0.2, 0.25) is 5.91 Å². The average molecular weight is 305 g/mol. The third kappa shape index (κ3) is 3.50. The van der Waals surface area contributed by atoms with Crippen molar-refractivity contribution >= 4 is 17.7 Å². The molecule has 22 heavy (non-hydrogen) atoms. The highest BCUT2D eigenvalue weighted by Gasteiger charge is 2.51. The number of hydrogen-bond acceptors (Lipinski definition) is 4. The van der Waals surface area contributed by atoms with E-state index < -0.39 is 23.1 Å². The Morgan fingerprint density at radius 2 is 1.95 bits per heavy atom. The first-order valence-corrected chi connectivity index (χ1v) is 7.24. The lowest BCUT2D eigenvalue weighted by Crippen LogP contribution is -2.73. The van der Waals surface area contributed by atoms with E-state index in [-0.39, 0.29) is 13.1 Å². The number of nitrogens with zero attached hydrogens (tertiary/aromatic N) is 1. The predicted molar refractivity (Wildman–Crippen MR) is 84.5 cm³/mol. The maximum atomic E-state index is 12.0. The molecule has 3 N–H and O–H groups in total. The summed E-state index contributed by atoms with van der Waals surface area (Å²) < 4.78 is 5.29. The molecular weight excluding hydrogens is 282 g/mol. The fourth-order valence-corrected chi connectivity index (χ4v) is 2.36. The first-order valence-electron chi connectivity index (χ1n) is 7.24. The molecule has 6 nitrogen and oxygen atoms in total. The largest absolute Gasteiger partial charge is 0.444 e. The molecule has 6 heteroatoms. The maximum absolute atomic E-state index is 12.0. The van der Waals surface area contributed by atoms with Gasteiger partial charge in [-0.25, -0.2) is 4.79 Å². The number of carbonyl (C=O) groups excluding carboxylic acids is 2. The van der Waals surface area contributed by atoms with E-state index >= 15 is 0 Å². The summed E-state index contributed by atoms with van der Waals surface area (Å²) in [6.45, 7) is 7.78. The van der Waals surface area contributed by atoms with E-state index in [1.165, 1.54) is 4.90 Å². The van der Waals surface area contributed by atoms with Crippen LogP contribution in [0, 0.1) is 6.92 Å². The second-order valence-corrected chi connectivity index (χ2v) is 6.78. The highest BCUT2D eigenvalue weighted by molar-refractivity contribution is 5.92. The Hall–Kier alpha value is -2.24. The topological polar surface area (TPSA) is 84.7 Å². The number of primary amides is 1. The van der Waals surface area contributed by atoms with Gasteiger partial charge in [0.05, 0.1) is 13.1 Å². The van der Waals surface area contributed by atoms with Gasteiger partial charge in [0.1, 0.15) is 5.60 Å². The van der Waals surface area contributed by atoms with Crippen LogP contribution in [-0.4, -0.2) is 41.1 Å². The smallest absolute Gasteiger partial charge is 0.410 e. The first-order chi connectivity index (χ1) is 10.1. The lowest BCUT2D eigenvalue weighted by molar-refractivity contribution is -0.127. The zero-order chi connectivity index (χ0) is 16.5. The number of rotatable bonds is 3. The lowest BCUT2D eigenvalue weighted by Gasteiger charge is -2.48. The summed E-state index contributed by atoms with van der Waals surface area (Å²) in [6, 6.07) is 7.67. The Labute approximate surface area is 130 Å². The molecule has 1 aliphatic heterocycles. The summed E-state index contributed by atoms with van der Waals surface area (Å²) in [4.78, 5) is 25.3. The fourth-order valence-electron chi connectivity index (χ4n) is 2.36. The summed E-state index contributed by atoms with van der Waals surface area (Å²) >= 11 is 0. The SMILES string of the molecule is Cc1cccc(NC2(C(N)=O)CN(C(=O)OC(C)(C)C)C2)c1. The van der Waals surface area contributed by atoms with Crippen LogP contribution in [-0.2, 0) is 9.53 Å². The quantitative estimate of drug-likeness (QED) is 0.893. The van der Waals surface area contributed by atoms with Gasteiger partial charge >= 0.3 is 6.09 Å². The molecule has 2 rings (SSSR count). The van der Waals surface area contributed by atoms with Crippen molar-refractivity contribution in [3.05, 3.63) is 29.8 Å². The van der Waals surface area contributed by atoms with Crippen molar-refractivity contribution in [3.63, 3.8) is 0 Å². The summed E-state index contributed by atoms with van der Waals surface area (Å²) in [6.07, 6.45) is -0.435. The van der Waals surface area contributed by atoms with Gasteiger partial charge in [-0.2, -0.15) is 0 Å². The number of likely N-dealkylation sites (tertiary alicyclic amines) is 1. The molecule has 1 fully saturated rings. The third-order valence-electron chi connectivity index (χ3n) is 3.45. The third-order valence-corrected chi connectivity index (χ3v) is 3.45. The van der Waals surface area contributed by atoms with Gasteiger partial charge in [-0.15, -0.1) is 0 Å². The first kappa shape index (κ1) is 16.1. The van der Waals surface area contributed by atoms with E-state index in [9.17, 15) is 9.59 Å². The Morgan fingerprint density at radius 3 is 2.45 bits per heavy atom. The van der Waals surface area contributed by atoms with Crippen molar-refractivity contribution < 1.29 is 14.3 Å². The van der Waals surface area contributed by atoms with Crippen LogP contribution in [0.2, 0.25) is 0 Å². The van der Waals surface area contributed by atoms with Crippen molar-refractivity contribution in [2.75, 3.05) is 18.4 Å². The zero-order valence-electron chi connectivity index (χ0n) is 13.5. The standard InChI is InChI=1S/C16H23N3O3/c1-11-6-5-7-12(8-11)18-16(13(17)20)9-19(10-16)14(21)22-15(2,3)4/h5-8,18H,9-10H2,1-4H3,(H2,17,20). The molecule has 1 aromatic rings. The number of hydrogen-bond donors (Lipinski definition) is 2. The molecule has 0 bridgehead atoms. The molecule has 1 aromatic carbocycles. The number of benzene rings is 1. The monoisotopic (exact) mass is 305 g/mol. The van der Waals surface area contributed by atoms with E-state index in [4.69, 9.17) is 10.5 Å². The minimum Gasteiger partial charge on any atom is -0.444 e. The Kier molecular flexibility index (Phi) is 4.04. The Balaban J connectivity index is 2.05. The molecule has 1 heterocycles. The van der Waals surface area contributed by atoms with E-state index in [0.29, 0.717) is 0 Å². The molecular formula is C16H23N3O3. The van der Waals surface area contributed by atoms with Crippen molar-refractivity contribution in [1.82, 2.24) is 4.90 Å². The van der Waals surface area contributed by atoms with Gasteiger partial charge in [-0.05, 0) is 45.4 Å². The van der Waals surface area contributed by atoms with Crippen molar-refractivity contribution in [1.29, 1.82) is 0 Å². The average Bonchev–Trinajstić information content (AvgIpc) is 2.30. The minimum absolute atomic E-state index is 0.200. The second-order valence-electron chi connectivity index (χ2n) is 6.78. The predicted octanol–water partition coefficient (Wildman–Crippen LogP) is 1.88. The van der Waals surface area contributed by atoms with Gasteiger partial charge in [0, 0.05) is 5.69 Å². The summed E-state index contributed by atoms with van der Waals surface area (Å²) in [5.41, 5.74) is 5.91. The number of carbonyl (C=O) groups is 2. The summed E-state index contributed by atoms with van der Waals surface area (Å²) in [7, 11) is 0. The number of amides is 2. The van der Waals surface area contributed by atoms with E-state index in [2.05, 4.69) is 5.32 Å². The maximum Gasteiger partial charge on any atom is 0.410 e. The number of anilines is 1. The number of aryl methyl sites for hydroxylation is 1. The van der Waals surface area contributed by atoms with Crippen LogP contribution < -0.4 is 11.1 Å². The van der Waals surface area contributed by atoms with E-state index in [1.807, 2.05) is 31.2 Å². The van der Waals surface area contributed by atoms with Crippen LogP contribution in [0.25, 0.3) is 0 Å². The number of nitrogens with two attached hydrogens (primary N) is 1. The minimum atomic E-state index is -0.940. The van der Waals surface area contributed by atoms with Gasteiger partial charge < -0.3 is 20.7 Å². The molecule has 0 radical (unpaired) electrons.